The van der Waals surface area contributed by atoms with Gasteiger partial charge in [-0.25, -0.2) is 9.78 Å². The fraction of sp³-hybridized carbons (Fsp3) is 0.640. The van der Waals surface area contributed by atoms with E-state index in [4.69, 9.17) is 0 Å². The van der Waals surface area contributed by atoms with E-state index >= 15 is 0 Å². The molecule has 3 fully saturated rings. The maximum absolute atomic E-state index is 13.2. The summed E-state index contributed by atoms with van der Waals surface area (Å²) in [6, 6.07) is 9.19. The summed E-state index contributed by atoms with van der Waals surface area (Å²) in [5, 5.41) is 9.56. The van der Waals surface area contributed by atoms with E-state index in [9.17, 15) is 14.7 Å². The first kappa shape index (κ1) is 20.7. The minimum Gasteiger partial charge on any atom is -0.476 e. The highest BCUT2D eigenvalue weighted by Gasteiger charge is 2.44. The number of fused-ring (bicyclic) bond motifs is 3. The van der Waals surface area contributed by atoms with E-state index in [0.29, 0.717) is 23.6 Å². The second-order valence-corrected chi connectivity index (χ2v) is 9.74. The van der Waals surface area contributed by atoms with Gasteiger partial charge in [-0.05, 0) is 50.7 Å². The van der Waals surface area contributed by atoms with Crippen molar-refractivity contribution in [3.63, 3.8) is 0 Å². The van der Waals surface area contributed by atoms with E-state index in [1.54, 1.807) is 10.6 Å². The minimum atomic E-state index is -1.24. The number of nitrogens with zero attached hydrogens (tertiary/aromatic N) is 3. The van der Waals surface area contributed by atoms with Crippen LogP contribution in [0.25, 0.3) is 11.0 Å². The topological polar surface area (TPSA) is 75.4 Å². The second-order valence-electron chi connectivity index (χ2n) is 9.74. The van der Waals surface area contributed by atoms with Crippen molar-refractivity contribution in [2.45, 2.75) is 101 Å². The van der Waals surface area contributed by atoms with Crippen molar-refractivity contribution in [3.05, 3.63) is 40.3 Å². The molecule has 166 valence electrons. The molecule has 3 aliphatic rings. The van der Waals surface area contributed by atoms with Gasteiger partial charge < -0.3 is 9.67 Å². The summed E-state index contributed by atoms with van der Waals surface area (Å²) in [6.45, 7) is 0. The van der Waals surface area contributed by atoms with Gasteiger partial charge in [-0.1, -0.05) is 50.7 Å². The molecule has 31 heavy (non-hydrogen) atoms. The number of hydrogen-bond acceptors (Lipinski definition) is 4. The molecule has 5 rings (SSSR count). The van der Waals surface area contributed by atoms with Crippen molar-refractivity contribution >= 4 is 17.0 Å². The maximum Gasteiger partial charge on any atom is 0.360 e. The SMILES string of the molecule is O=C(O)c1nc2ccccc2n(C2C[C@H]3CC[C@@H](C2)N3C2CCCCCCCC2)c1=O. The quantitative estimate of drug-likeness (QED) is 0.770. The summed E-state index contributed by atoms with van der Waals surface area (Å²) in [7, 11) is 0. The lowest BCUT2D eigenvalue weighted by Gasteiger charge is -2.44. The molecule has 6 heteroatoms. The van der Waals surface area contributed by atoms with Crippen molar-refractivity contribution in [2.24, 2.45) is 0 Å². The standard InChI is InChI=1S/C25H33N3O3/c29-24-23(25(30)31)26-21-11-7-8-12-22(21)28(24)20-15-18-13-14-19(16-20)27(18)17-9-5-3-1-2-4-6-10-17/h7-8,11-12,17-20H,1-6,9-10,13-16H2,(H,30,31)/t18-,19+,20?. The first-order valence-corrected chi connectivity index (χ1v) is 12.2. The number of carboxylic acid groups (broad SMARTS) is 1. The fourth-order valence-corrected chi connectivity index (χ4v) is 6.56. The molecule has 1 aromatic heterocycles. The van der Waals surface area contributed by atoms with Gasteiger partial charge in [0.05, 0.1) is 11.0 Å². The van der Waals surface area contributed by atoms with Crippen LogP contribution >= 0.6 is 0 Å². The minimum absolute atomic E-state index is 0.0450. The molecule has 2 aromatic rings. The van der Waals surface area contributed by atoms with Crippen LogP contribution in [0.5, 0.6) is 0 Å². The monoisotopic (exact) mass is 423 g/mol. The summed E-state index contributed by atoms with van der Waals surface area (Å²) in [4.78, 5) is 31.8. The molecule has 3 atom stereocenters. The summed E-state index contributed by atoms with van der Waals surface area (Å²) in [5.74, 6) is -1.24. The van der Waals surface area contributed by atoms with Crippen LogP contribution in [0.2, 0.25) is 0 Å². The van der Waals surface area contributed by atoms with Crippen molar-refractivity contribution in [2.75, 3.05) is 0 Å². The van der Waals surface area contributed by atoms with Crippen molar-refractivity contribution < 1.29 is 9.90 Å². The van der Waals surface area contributed by atoms with Crippen molar-refractivity contribution in [1.82, 2.24) is 14.5 Å². The van der Waals surface area contributed by atoms with Crippen LogP contribution in [0, 0.1) is 0 Å². The third-order valence-corrected chi connectivity index (χ3v) is 7.87. The van der Waals surface area contributed by atoms with E-state index in [2.05, 4.69) is 9.88 Å². The van der Waals surface area contributed by atoms with E-state index in [0.717, 1.165) is 18.4 Å². The molecule has 2 saturated heterocycles. The van der Waals surface area contributed by atoms with Crippen molar-refractivity contribution in [1.29, 1.82) is 0 Å². The van der Waals surface area contributed by atoms with E-state index in [1.807, 2.05) is 18.2 Å². The molecule has 0 radical (unpaired) electrons. The summed E-state index contributed by atoms with van der Waals surface area (Å²) in [5.41, 5.74) is 0.541. The van der Waals surface area contributed by atoms with Gasteiger partial charge in [0.25, 0.3) is 5.56 Å². The van der Waals surface area contributed by atoms with Crippen LogP contribution in [0.15, 0.2) is 29.1 Å². The first-order valence-electron chi connectivity index (χ1n) is 12.2. The Morgan fingerprint density at radius 3 is 2.10 bits per heavy atom. The van der Waals surface area contributed by atoms with E-state index < -0.39 is 11.5 Å². The third kappa shape index (κ3) is 3.91. The Morgan fingerprint density at radius 1 is 0.839 bits per heavy atom. The van der Waals surface area contributed by atoms with Crippen molar-refractivity contribution in [3.8, 4) is 0 Å². The third-order valence-electron chi connectivity index (χ3n) is 7.87. The van der Waals surface area contributed by atoms with Crippen LogP contribution in [-0.4, -0.2) is 43.7 Å². The summed E-state index contributed by atoms with van der Waals surface area (Å²) < 4.78 is 1.76. The molecule has 3 heterocycles. The lowest BCUT2D eigenvalue weighted by atomic mass is 9.91. The number of piperidine rings is 1. The van der Waals surface area contributed by atoms with Gasteiger partial charge in [-0.2, -0.15) is 0 Å². The van der Waals surface area contributed by atoms with Crippen LogP contribution in [0.1, 0.15) is 93.6 Å². The number of hydrogen-bond donors (Lipinski definition) is 1. The average Bonchev–Trinajstić information content (AvgIpc) is 3.10. The van der Waals surface area contributed by atoms with Gasteiger partial charge in [0.2, 0.25) is 5.69 Å². The molecule has 1 saturated carbocycles. The number of carboxylic acids is 1. The summed E-state index contributed by atoms with van der Waals surface area (Å²) >= 11 is 0. The zero-order chi connectivity index (χ0) is 21.4. The predicted octanol–water partition coefficient (Wildman–Crippen LogP) is 4.77. The Labute approximate surface area is 183 Å². The molecule has 1 N–H and O–H groups in total. The van der Waals surface area contributed by atoms with Gasteiger partial charge in [-0.3, -0.25) is 9.69 Å². The van der Waals surface area contributed by atoms with Crippen LogP contribution in [0.3, 0.4) is 0 Å². The van der Waals surface area contributed by atoms with Gasteiger partial charge in [0, 0.05) is 24.2 Å². The number of aromatic nitrogens is 2. The molecule has 0 amide bonds. The molecule has 1 unspecified atom stereocenters. The lowest BCUT2D eigenvalue weighted by molar-refractivity contribution is 0.0521. The Balaban J connectivity index is 1.46. The smallest absolute Gasteiger partial charge is 0.360 e. The highest BCUT2D eigenvalue weighted by atomic mass is 16.4. The second kappa shape index (κ2) is 8.73. The molecule has 1 aliphatic carbocycles. The molecular weight excluding hydrogens is 390 g/mol. The van der Waals surface area contributed by atoms with Gasteiger partial charge >= 0.3 is 5.97 Å². The first-order chi connectivity index (χ1) is 15.1. The van der Waals surface area contributed by atoms with Gasteiger partial charge in [0.1, 0.15) is 0 Å². The van der Waals surface area contributed by atoms with Crippen LogP contribution in [0.4, 0.5) is 0 Å². The van der Waals surface area contributed by atoms with Crippen LogP contribution < -0.4 is 5.56 Å². The maximum atomic E-state index is 13.2. The largest absolute Gasteiger partial charge is 0.476 e. The number of carbonyl (C=O) groups is 1. The Bertz CT molecular complexity index is 993. The number of benzene rings is 1. The Hall–Kier alpha value is -2.21. The lowest BCUT2D eigenvalue weighted by Crippen LogP contribution is -2.50. The van der Waals surface area contributed by atoms with Gasteiger partial charge in [0.15, 0.2) is 0 Å². The number of aromatic carboxylic acids is 1. The average molecular weight is 424 g/mol. The molecular formula is C25H33N3O3. The number of rotatable bonds is 3. The zero-order valence-electron chi connectivity index (χ0n) is 18.2. The Kier molecular flexibility index (Phi) is 5.83. The highest BCUT2D eigenvalue weighted by molar-refractivity contribution is 5.88. The molecule has 1 aromatic carbocycles. The van der Waals surface area contributed by atoms with Gasteiger partial charge in [-0.15, -0.1) is 0 Å². The molecule has 0 spiro atoms. The molecule has 2 aliphatic heterocycles. The zero-order valence-corrected chi connectivity index (χ0v) is 18.2. The molecule has 2 bridgehead atoms. The summed E-state index contributed by atoms with van der Waals surface area (Å²) in [6.07, 6.45) is 15.0. The van der Waals surface area contributed by atoms with E-state index in [-0.39, 0.29) is 11.7 Å². The predicted molar refractivity (Wildman–Crippen MR) is 121 cm³/mol. The van der Waals surface area contributed by atoms with Crippen LogP contribution in [-0.2, 0) is 0 Å². The van der Waals surface area contributed by atoms with E-state index in [1.165, 1.54) is 64.2 Å². The number of para-hydroxylation sites is 2. The molecule has 6 nitrogen and oxygen atoms in total. The highest BCUT2D eigenvalue weighted by Crippen LogP contribution is 2.44. The fourth-order valence-electron chi connectivity index (χ4n) is 6.56. The normalized spacial score (nSPS) is 28.2. The Morgan fingerprint density at radius 2 is 1.45 bits per heavy atom.